The second-order valence-electron chi connectivity index (χ2n) is 11.6. The Hall–Kier alpha value is -3.43. The molecular weight excluding hydrogens is 520 g/mol. The second kappa shape index (κ2) is 12.6. The standard InChI is InChI=1S/C32H42N4O5/c1-3-36-30(39)27(28(37)23-7-5-4-6-8-23)34-31(40)32(36)17-19-35(20-18-32)21-22-9-13-25(14-10-22)41-26-15-11-24(12-16-26)29(38)33-2/h9-16,23,27-28,37H,3-8,17-21H2,1-2H3,(H,33,38)(H,34,40)/t27-,28-/m1/s1. The molecule has 9 heteroatoms. The first-order chi connectivity index (χ1) is 19.8. The highest BCUT2D eigenvalue weighted by atomic mass is 16.5. The Labute approximate surface area is 242 Å². The molecule has 9 nitrogen and oxygen atoms in total. The van der Waals surface area contributed by atoms with Gasteiger partial charge in [0.1, 0.15) is 23.1 Å². The van der Waals surface area contributed by atoms with E-state index in [4.69, 9.17) is 4.74 Å². The zero-order valence-corrected chi connectivity index (χ0v) is 24.1. The van der Waals surface area contributed by atoms with Crippen LogP contribution >= 0.6 is 0 Å². The second-order valence-corrected chi connectivity index (χ2v) is 11.6. The number of likely N-dealkylation sites (N-methyl/N-ethyl adjacent to an activating group) is 1. The highest BCUT2D eigenvalue weighted by Crippen LogP contribution is 2.36. The molecule has 3 fully saturated rings. The Morgan fingerprint density at radius 2 is 1.63 bits per heavy atom. The smallest absolute Gasteiger partial charge is 0.251 e. The summed E-state index contributed by atoms with van der Waals surface area (Å²) in [6, 6.07) is 14.1. The van der Waals surface area contributed by atoms with Gasteiger partial charge < -0.3 is 25.4 Å². The van der Waals surface area contributed by atoms with Crippen LogP contribution in [0.15, 0.2) is 48.5 Å². The Balaban J connectivity index is 1.16. The maximum Gasteiger partial charge on any atom is 0.251 e. The summed E-state index contributed by atoms with van der Waals surface area (Å²) in [5, 5.41) is 16.6. The number of nitrogens with one attached hydrogen (secondary N) is 2. The minimum Gasteiger partial charge on any atom is -0.457 e. The van der Waals surface area contributed by atoms with Crippen molar-refractivity contribution in [3.8, 4) is 11.5 Å². The third-order valence-electron chi connectivity index (χ3n) is 9.14. The number of aliphatic hydroxyl groups is 1. The molecule has 3 aliphatic rings. The van der Waals surface area contributed by atoms with E-state index < -0.39 is 17.7 Å². The molecule has 3 N–H and O–H groups in total. The summed E-state index contributed by atoms with van der Waals surface area (Å²) in [7, 11) is 1.60. The van der Waals surface area contributed by atoms with E-state index >= 15 is 0 Å². The monoisotopic (exact) mass is 562 g/mol. The molecule has 2 aromatic rings. The fourth-order valence-corrected chi connectivity index (χ4v) is 6.73. The summed E-state index contributed by atoms with van der Waals surface area (Å²) in [4.78, 5) is 42.9. The molecule has 1 aliphatic carbocycles. The first-order valence-corrected chi connectivity index (χ1v) is 15.0. The number of piperazine rings is 1. The molecule has 0 aromatic heterocycles. The molecule has 2 atom stereocenters. The maximum atomic E-state index is 13.6. The molecule has 2 saturated heterocycles. The SMILES string of the molecule is CCN1C(=O)[C@@H]([C@H](O)C2CCCCC2)NC(=O)C12CCN(Cc1ccc(Oc3ccc(C(=O)NC)cc3)cc1)CC2. The summed E-state index contributed by atoms with van der Waals surface area (Å²) < 4.78 is 5.93. The summed E-state index contributed by atoms with van der Waals surface area (Å²) in [6.07, 6.45) is 5.43. The van der Waals surface area contributed by atoms with E-state index in [0.29, 0.717) is 49.5 Å². The van der Waals surface area contributed by atoms with Crippen LogP contribution in [0.4, 0.5) is 0 Å². The number of hydrogen-bond acceptors (Lipinski definition) is 6. The van der Waals surface area contributed by atoms with E-state index in [9.17, 15) is 19.5 Å². The lowest BCUT2D eigenvalue weighted by molar-refractivity contribution is -0.165. The van der Waals surface area contributed by atoms with Crippen LogP contribution < -0.4 is 15.4 Å². The number of aliphatic hydroxyl groups excluding tert-OH is 1. The predicted octanol–water partition coefficient (Wildman–Crippen LogP) is 3.46. The first kappa shape index (κ1) is 29.1. The average molecular weight is 563 g/mol. The molecule has 3 amide bonds. The zero-order chi connectivity index (χ0) is 29.0. The predicted molar refractivity (Wildman–Crippen MR) is 155 cm³/mol. The molecule has 1 saturated carbocycles. The van der Waals surface area contributed by atoms with Crippen molar-refractivity contribution in [1.82, 2.24) is 20.4 Å². The van der Waals surface area contributed by atoms with Crippen LogP contribution in [0.25, 0.3) is 0 Å². The van der Waals surface area contributed by atoms with Crippen molar-refractivity contribution < 1.29 is 24.2 Å². The lowest BCUT2D eigenvalue weighted by Crippen LogP contribution is -2.74. The van der Waals surface area contributed by atoms with E-state index in [1.807, 2.05) is 31.2 Å². The van der Waals surface area contributed by atoms with Crippen LogP contribution in [-0.4, -0.2) is 77.0 Å². The molecule has 2 heterocycles. The molecular formula is C32H42N4O5. The van der Waals surface area contributed by atoms with Crippen molar-refractivity contribution >= 4 is 17.7 Å². The Kier molecular flexibility index (Phi) is 8.94. The van der Waals surface area contributed by atoms with Crippen LogP contribution in [0.3, 0.4) is 0 Å². The largest absolute Gasteiger partial charge is 0.457 e. The van der Waals surface area contributed by atoms with Gasteiger partial charge in [0.25, 0.3) is 5.91 Å². The summed E-state index contributed by atoms with van der Waals surface area (Å²) >= 11 is 0. The van der Waals surface area contributed by atoms with Crippen molar-refractivity contribution in [1.29, 1.82) is 0 Å². The topological polar surface area (TPSA) is 111 Å². The lowest BCUT2D eigenvalue weighted by Gasteiger charge is -2.52. The number of hydrogen-bond donors (Lipinski definition) is 3. The molecule has 0 unspecified atom stereocenters. The Bertz CT molecular complexity index is 1220. The van der Waals surface area contributed by atoms with E-state index in [2.05, 4.69) is 15.5 Å². The third-order valence-corrected chi connectivity index (χ3v) is 9.14. The lowest BCUT2D eigenvalue weighted by atomic mass is 9.78. The number of ether oxygens (including phenoxy) is 1. The summed E-state index contributed by atoms with van der Waals surface area (Å²) in [6.45, 7) is 4.51. The highest BCUT2D eigenvalue weighted by Gasteiger charge is 2.54. The number of rotatable bonds is 8. The van der Waals surface area contributed by atoms with Crippen LogP contribution in [-0.2, 0) is 16.1 Å². The molecule has 41 heavy (non-hydrogen) atoms. The highest BCUT2D eigenvalue weighted by molar-refractivity contribution is 6.00. The maximum absolute atomic E-state index is 13.6. The number of carbonyl (C=O) groups is 3. The summed E-state index contributed by atoms with van der Waals surface area (Å²) in [5.41, 5.74) is 0.860. The van der Waals surface area contributed by atoms with E-state index in [0.717, 1.165) is 37.8 Å². The molecule has 5 rings (SSSR count). The van der Waals surface area contributed by atoms with Crippen molar-refractivity contribution in [3.05, 3.63) is 59.7 Å². The minimum atomic E-state index is -0.851. The van der Waals surface area contributed by atoms with Crippen LogP contribution in [0.2, 0.25) is 0 Å². The number of piperidine rings is 1. The molecule has 220 valence electrons. The fourth-order valence-electron chi connectivity index (χ4n) is 6.73. The van der Waals surface area contributed by atoms with Crippen molar-refractivity contribution in [2.75, 3.05) is 26.7 Å². The zero-order valence-electron chi connectivity index (χ0n) is 24.1. The molecule has 0 bridgehead atoms. The van der Waals surface area contributed by atoms with Gasteiger partial charge in [0.05, 0.1) is 6.10 Å². The number of likely N-dealkylation sites (tertiary alicyclic amines) is 1. The third kappa shape index (κ3) is 6.11. The van der Waals surface area contributed by atoms with Gasteiger partial charge in [-0.25, -0.2) is 0 Å². The van der Waals surface area contributed by atoms with Crippen molar-refractivity contribution in [2.45, 2.75) is 76.1 Å². The van der Waals surface area contributed by atoms with Gasteiger partial charge in [0.15, 0.2) is 0 Å². The van der Waals surface area contributed by atoms with Gasteiger partial charge in [-0.1, -0.05) is 31.4 Å². The summed E-state index contributed by atoms with van der Waals surface area (Å²) in [5.74, 6) is 1.03. The Morgan fingerprint density at radius 3 is 2.22 bits per heavy atom. The molecule has 2 aromatic carbocycles. The molecule has 2 aliphatic heterocycles. The van der Waals surface area contributed by atoms with Gasteiger partial charge >= 0.3 is 0 Å². The van der Waals surface area contributed by atoms with Gasteiger partial charge in [0.2, 0.25) is 11.8 Å². The first-order valence-electron chi connectivity index (χ1n) is 15.0. The van der Waals surface area contributed by atoms with Crippen molar-refractivity contribution in [2.24, 2.45) is 5.92 Å². The molecule has 1 spiro atoms. The average Bonchev–Trinajstić information content (AvgIpc) is 3.01. The number of benzene rings is 2. The van der Waals surface area contributed by atoms with Gasteiger partial charge in [-0.2, -0.15) is 0 Å². The minimum absolute atomic E-state index is 0.0685. The Morgan fingerprint density at radius 1 is 1.02 bits per heavy atom. The van der Waals surface area contributed by atoms with Crippen LogP contribution in [0, 0.1) is 5.92 Å². The number of carbonyl (C=O) groups excluding carboxylic acids is 3. The van der Waals surface area contributed by atoms with E-state index in [-0.39, 0.29) is 23.6 Å². The van der Waals surface area contributed by atoms with E-state index in [1.165, 1.54) is 6.42 Å². The number of nitrogens with zero attached hydrogens (tertiary/aromatic N) is 2. The van der Waals surface area contributed by atoms with Gasteiger partial charge in [0, 0.05) is 38.8 Å². The van der Waals surface area contributed by atoms with Crippen LogP contribution in [0.1, 0.15) is 67.8 Å². The fraction of sp³-hybridized carbons (Fsp3) is 0.531. The quantitative estimate of drug-likeness (QED) is 0.455. The van der Waals surface area contributed by atoms with Gasteiger partial charge in [-0.05, 0) is 80.5 Å². The van der Waals surface area contributed by atoms with Crippen molar-refractivity contribution in [3.63, 3.8) is 0 Å². The van der Waals surface area contributed by atoms with E-state index in [1.54, 1.807) is 36.2 Å². The molecule has 0 radical (unpaired) electrons. The van der Waals surface area contributed by atoms with Gasteiger partial charge in [-0.3, -0.25) is 19.3 Å². The number of amides is 3. The van der Waals surface area contributed by atoms with Crippen LogP contribution in [0.5, 0.6) is 11.5 Å². The van der Waals surface area contributed by atoms with Gasteiger partial charge in [-0.15, -0.1) is 0 Å². The normalized spacial score (nSPS) is 22.3.